The van der Waals surface area contributed by atoms with Crippen molar-refractivity contribution < 1.29 is 13.9 Å². The normalized spacial score (nSPS) is 11.3. The Bertz CT molecular complexity index is 1030. The predicted molar refractivity (Wildman–Crippen MR) is 92.6 cm³/mol. The van der Waals surface area contributed by atoms with Gasteiger partial charge < -0.3 is 9.15 Å². The third kappa shape index (κ3) is 2.90. The van der Waals surface area contributed by atoms with Crippen LogP contribution >= 0.6 is 0 Å². The van der Waals surface area contributed by atoms with Crippen molar-refractivity contribution in [1.29, 1.82) is 0 Å². The maximum Gasteiger partial charge on any atom is 0.336 e. The molecule has 2 aromatic heterocycles. The molecule has 4 nitrogen and oxygen atoms in total. The molecule has 0 amide bonds. The Morgan fingerprint density at radius 1 is 1.00 bits per heavy atom. The van der Waals surface area contributed by atoms with E-state index in [0.717, 1.165) is 21.7 Å². The van der Waals surface area contributed by atoms with Gasteiger partial charge in [-0.25, -0.2) is 4.79 Å². The number of carbonyl (C=O) groups is 1. The fourth-order valence-corrected chi connectivity index (χ4v) is 2.51. The molecule has 0 aliphatic heterocycles. The average Bonchev–Trinajstić information content (AvgIpc) is 3.03. The molecule has 0 spiro atoms. The third-order valence-electron chi connectivity index (χ3n) is 3.66. The number of ether oxygens (including phenoxy) is 1. The molecule has 4 aromatic rings. The molecule has 116 valence electrons. The van der Waals surface area contributed by atoms with Crippen LogP contribution in [0.4, 0.5) is 0 Å². The van der Waals surface area contributed by atoms with Gasteiger partial charge in [0.15, 0.2) is 0 Å². The van der Waals surface area contributed by atoms with Gasteiger partial charge in [-0.05, 0) is 41.8 Å². The number of benzene rings is 2. The number of furan rings is 1. The Labute approximate surface area is 138 Å². The Balaban J connectivity index is 1.50. The Kier molecular flexibility index (Phi) is 3.56. The molecule has 0 N–H and O–H groups in total. The van der Waals surface area contributed by atoms with Crippen LogP contribution in [-0.4, -0.2) is 11.0 Å². The lowest BCUT2D eigenvalue weighted by atomic mass is 10.2. The van der Waals surface area contributed by atoms with Gasteiger partial charge in [-0.15, -0.1) is 0 Å². The number of carbonyl (C=O) groups excluding carboxylic acids is 1. The molecular weight excluding hydrogens is 302 g/mol. The van der Waals surface area contributed by atoms with Crippen molar-refractivity contribution in [3.05, 3.63) is 78.8 Å². The van der Waals surface area contributed by atoms with E-state index < -0.39 is 5.97 Å². The van der Waals surface area contributed by atoms with Gasteiger partial charge in [0.1, 0.15) is 17.1 Å². The summed E-state index contributed by atoms with van der Waals surface area (Å²) < 4.78 is 10.9. The highest BCUT2D eigenvalue weighted by Crippen LogP contribution is 2.21. The largest absolute Gasteiger partial charge is 0.457 e. The van der Waals surface area contributed by atoms with E-state index in [0.29, 0.717) is 11.5 Å². The number of para-hydroxylation sites is 1. The molecule has 0 bridgehead atoms. The molecule has 24 heavy (non-hydrogen) atoms. The molecule has 0 saturated carbocycles. The molecule has 0 fully saturated rings. The van der Waals surface area contributed by atoms with Crippen LogP contribution in [0.2, 0.25) is 0 Å². The number of hydrogen-bond acceptors (Lipinski definition) is 4. The van der Waals surface area contributed by atoms with Gasteiger partial charge >= 0.3 is 5.97 Å². The summed E-state index contributed by atoms with van der Waals surface area (Å²) in [6, 6.07) is 16.9. The Morgan fingerprint density at radius 3 is 2.83 bits per heavy atom. The zero-order valence-corrected chi connectivity index (χ0v) is 12.7. The lowest BCUT2D eigenvalue weighted by Gasteiger charge is -2.02. The number of hydrogen-bond donors (Lipinski definition) is 0. The monoisotopic (exact) mass is 315 g/mol. The minimum Gasteiger partial charge on any atom is -0.457 e. The fraction of sp³-hybridized carbons (Fsp3) is 0. The molecule has 0 radical (unpaired) electrons. The molecule has 0 aliphatic carbocycles. The third-order valence-corrected chi connectivity index (χ3v) is 3.66. The lowest BCUT2D eigenvalue weighted by Crippen LogP contribution is -2.03. The predicted octanol–water partition coefficient (Wildman–Crippen LogP) is 4.60. The van der Waals surface area contributed by atoms with E-state index in [9.17, 15) is 4.79 Å². The van der Waals surface area contributed by atoms with Crippen molar-refractivity contribution in [3.8, 4) is 5.75 Å². The van der Waals surface area contributed by atoms with Gasteiger partial charge in [0.2, 0.25) is 0 Å². The second-order valence-corrected chi connectivity index (χ2v) is 5.33. The van der Waals surface area contributed by atoms with Crippen LogP contribution in [0.1, 0.15) is 5.76 Å². The lowest BCUT2D eigenvalue weighted by molar-refractivity contribution is -0.128. The van der Waals surface area contributed by atoms with Gasteiger partial charge in [-0.3, -0.25) is 4.98 Å². The number of esters is 1. The summed E-state index contributed by atoms with van der Waals surface area (Å²) in [5.41, 5.74) is 0.785. The smallest absolute Gasteiger partial charge is 0.336 e. The van der Waals surface area contributed by atoms with Crippen LogP contribution in [0, 0.1) is 0 Å². The van der Waals surface area contributed by atoms with Crippen LogP contribution in [0.25, 0.3) is 27.8 Å². The summed E-state index contributed by atoms with van der Waals surface area (Å²) in [7, 11) is 0. The topological polar surface area (TPSA) is 52.3 Å². The Morgan fingerprint density at radius 2 is 1.92 bits per heavy atom. The van der Waals surface area contributed by atoms with E-state index in [1.54, 1.807) is 30.6 Å². The molecule has 0 aliphatic rings. The highest BCUT2D eigenvalue weighted by Gasteiger charge is 2.04. The first-order valence-electron chi connectivity index (χ1n) is 7.50. The number of pyridine rings is 1. The molecule has 0 atom stereocenters. The molecule has 4 rings (SSSR count). The number of rotatable bonds is 3. The van der Waals surface area contributed by atoms with Crippen molar-refractivity contribution in [2.45, 2.75) is 0 Å². The second kappa shape index (κ2) is 6.01. The minimum atomic E-state index is -0.460. The first-order valence-corrected chi connectivity index (χ1v) is 7.50. The molecule has 0 saturated heterocycles. The minimum absolute atomic E-state index is 0.460. The van der Waals surface area contributed by atoms with Crippen molar-refractivity contribution in [2.75, 3.05) is 0 Å². The standard InChI is InChI=1S/C20H13NO3/c22-20(8-7-17-11-15-3-1-2-4-19(15)23-17)24-18-6-5-14-9-10-21-13-16(14)12-18/h1-13H/b8-7+. The van der Waals surface area contributed by atoms with Crippen molar-refractivity contribution in [3.63, 3.8) is 0 Å². The summed E-state index contributed by atoms with van der Waals surface area (Å²) in [6.07, 6.45) is 6.41. The summed E-state index contributed by atoms with van der Waals surface area (Å²) in [5.74, 6) is 0.629. The molecule has 4 heteroatoms. The first kappa shape index (κ1) is 14.2. The number of aromatic nitrogens is 1. The van der Waals surface area contributed by atoms with Gasteiger partial charge in [-0.1, -0.05) is 24.3 Å². The van der Waals surface area contributed by atoms with Crippen LogP contribution < -0.4 is 4.74 Å². The zero-order chi connectivity index (χ0) is 16.4. The van der Waals surface area contributed by atoms with E-state index in [2.05, 4.69) is 4.98 Å². The van der Waals surface area contributed by atoms with E-state index in [-0.39, 0.29) is 0 Å². The highest BCUT2D eigenvalue weighted by atomic mass is 16.5. The number of nitrogens with zero attached hydrogens (tertiary/aromatic N) is 1. The number of fused-ring (bicyclic) bond motifs is 2. The van der Waals surface area contributed by atoms with Crippen LogP contribution in [0.3, 0.4) is 0 Å². The van der Waals surface area contributed by atoms with Crippen LogP contribution in [-0.2, 0) is 4.79 Å². The maximum atomic E-state index is 12.0. The SMILES string of the molecule is O=C(/C=C/c1cc2ccccc2o1)Oc1ccc2ccncc2c1. The molecule has 0 unspecified atom stereocenters. The van der Waals surface area contributed by atoms with Crippen molar-refractivity contribution in [2.24, 2.45) is 0 Å². The van der Waals surface area contributed by atoms with E-state index in [1.165, 1.54) is 6.08 Å². The molecular formula is C20H13NO3. The van der Waals surface area contributed by atoms with Crippen LogP contribution in [0.15, 0.2) is 77.5 Å². The van der Waals surface area contributed by atoms with E-state index in [1.807, 2.05) is 42.5 Å². The van der Waals surface area contributed by atoms with Gasteiger partial charge in [0, 0.05) is 29.2 Å². The fourth-order valence-electron chi connectivity index (χ4n) is 2.51. The molecule has 2 aromatic carbocycles. The maximum absolute atomic E-state index is 12.0. The van der Waals surface area contributed by atoms with Gasteiger partial charge in [0.25, 0.3) is 0 Å². The van der Waals surface area contributed by atoms with Crippen molar-refractivity contribution in [1.82, 2.24) is 4.98 Å². The van der Waals surface area contributed by atoms with Gasteiger partial charge in [-0.2, -0.15) is 0 Å². The first-order chi connectivity index (χ1) is 11.8. The van der Waals surface area contributed by atoms with Gasteiger partial charge in [0.05, 0.1) is 0 Å². The second-order valence-electron chi connectivity index (χ2n) is 5.33. The average molecular weight is 315 g/mol. The Hall–Kier alpha value is -3.40. The molecule has 2 heterocycles. The summed E-state index contributed by atoms with van der Waals surface area (Å²) in [6.45, 7) is 0. The van der Waals surface area contributed by atoms with Crippen molar-refractivity contribution >= 4 is 33.8 Å². The quantitative estimate of drug-likeness (QED) is 0.315. The van der Waals surface area contributed by atoms with E-state index in [4.69, 9.17) is 9.15 Å². The summed E-state index contributed by atoms with van der Waals surface area (Å²) in [5, 5.41) is 2.96. The summed E-state index contributed by atoms with van der Waals surface area (Å²) in [4.78, 5) is 16.0. The highest BCUT2D eigenvalue weighted by molar-refractivity contribution is 5.90. The summed E-state index contributed by atoms with van der Waals surface area (Å²) >= 11 is 0. The van der Waals surface area contributed by atoms with E-state index >= 15 is 0 Å². The van der Waals surface area contributed by atoms with Crippen LogP contribution in [0.5, 0.6) is 5.75 Å². The zero-order valence-electron chi connectivity index (χ0n) is 12.7.